The minimum absolute atomic E-state index is 0.805. The van der Waals surface area contributed by atoms with Gasteiger partial charge in [-0.05, 0) is 74.8 Å². The first-order valence-electron chi connectivity index (χ1n) is 15.6. The predicted octanol–water partition coefficient (Wildman–Crippen LogP) is 12.8. The summed E-state index contributed by atoms with van der Waals surface area (Å²) < 4.78 is 1.16. The molecule has 0 heterocycles. The lowest BCUT2D eigenvalue weighted by Gasteiger charge is -2.10. The molecule has 0 bridgehead atoms. The van der Waals surface area contributed by atoms with Crippen LogP contribution in [0.5, 0.6) is 0 Å². The molecule has 3 heteroatoms. The van der Waals surface area contributed by atoms with Crippen LogP contribution in [0.4, 0.5) is 17.1 Å². The molecule has 0 aromatic heterocycles. The Labute approximate surface area is 285 Å². The minimum Gasteiger partial charge on any atom is -0.399 e. The van der Waals surface area contributed by atoms with E-state index in [0.717, 1.165) is 21.5 Å². The van der Waals surface area contributed by atoms with Gasteiger partial charge in [-0.3, -0.25) is 0 Å². The van der Waals surface area contributed by atoms with Crippen LogP contribution in [0.1, 0.15) is 0 Å². The zero-order valence-corrected chi connectivity index (χ0v) is 27.5. The molecule has 3 N–H and O–H groups in total. The Hall–Kier alpha value is -5.64. The SMILES string of the molecule is Brc1cccc2ccccc12.Nc1ccc(-c2ccccc2)cc1.c1ccc(-c2ccc(Nc3cccc4ccccc34)cc2)cc1. The maximum absolute atomic E-state index is 5.60. The largest absolute Gasteiger partial charge is 0.399 e. The highest BCUT2D eigenvalue weighted by Crippen LogP contribution is 2.28. The number of fused-ring (bicyclic) bond motifs is 2. The molecule has 228 valence electrons. The smallest absolute Gasteiger partial charge is 0.0463 e. The molecule has 0 radical (unpaired) electrons. The Balaban J connectivity index is 0.000000136. The monoisotopic (exact) mass is 670 g/mol. The molecule has 8 aromatic rings. The van der Waals surface area contributed by atoms with Crippen molar-refractivity contribution in [3.63, 3.8) is 0 Å². The van der Waals surface area contributed by atoms with Gasteiger partial charge < -0.3 is 11.1 Å². The predicted molar refractivity (Wildman–Crippen MR) is 207 cm³/mol. The summed E-state index contributed by atoms with van der Waals surface area (Å²) >= 11 is 3.50. The van der Waals surface area contributed by atoms with Crippen molar-refractivity contribution in [2.75, 3.05) is 11.1 Å². The van der Waals surface area contributed by atoms with Gasteiger partial charge in [0.15, 0.2) is 0 Å². The quantitative estimate of drug-likeness (QED) is 0.183. The van der Waals surface area contributed by atoms with Crippen molar-refractivity contribution < 1.29 is 0 Å². The first-order valence-corrected chi connectivity index (χ1v) is 16.4. The van der Waals surface area contributed by atoms with E-state index in [-0.39, 0.29) is 0 Å². The Morgan fingerprint density at radius 2 is 0.787 bits per heavy atom. The molecule has 0 saturated carbocycles. The van der Waals surface area contributed by atoms with Gasteiger partial charge in [0.2, 0.25) is 0 Å². The Bertz CT molecular complexity index is 2150. The van der Waals surface area contributed by atoms with E-state index in [1.54, 1.807) is 0 Å². The van der Waals surface area contributed by atoms with E-state index >= 15 is 0 Å². The van der Waals surface area contributed by atoms with Crippen LogP contribution in [0, 0.1) is 0 Å². The van der Waals surface area contributed by atoms with Gasteiger partial charge in [0.05, 0.1) is 0 Å². The average Bonchev–Trinajstić information content (AvgIpc) is 3.14. The van der Waals surface area contributed by atoms with Crippen LogP contribution in [0.2, 0.25) is 0 Å². The van der Waals surface area contributed by atoms with Gasteiger partial charge in [-0.1, -0.05) is 174 Å². The molecule has 0 aliphatic heterocycles. The third-order valence-corrected chi connectivity index (χ3v) is 8.51. The molecule has 0 fully saturated rings. The lowest BCUT2D eigenvalue weighted by molar-refractivity contribution is 1.56. The molecule has 0 unspecified atom stereocenters. The van der Waals surface area contributed by atoms with E-state index in [1.165, 1.54) is 43.8 Å². The van der Waals surface area contributed by atoms with Crippen molar-refractivity contribution in [3.05, 3.63) is 199 Å². The summed E-state index contributed by atoms with van der Waals surface area (Å²) in [6.07, 6.45) is 0. The molecule has 0 atom stereocenters. The molecule has 0 aliphatic carbocycles. The van der Waals surface area contributed by atoms with Gasteiger partial charge in [0.1, 0.15) is 0 Å². The maximum Gasteiger partial charge on any atom is 0.0463 e. The number of hydrogen-bond donors (Lipinski definition) is 2. The van der Waals surface area contributed by atoms with Gasteiger partial charge in [0, 0.05) is 26.9 Å². The van der Waals surface area contributed by atoms with E-state index in [2.05, 4.69) is 155 Å². The van der Waals surface area contributed by atoms with E-state index < -0.39 is 0 Å². The number of nitrogens with two attached hydrogens (primary N) is 1. The number of hydrogen-bond acceptors (Lipinski definition) is 2. The molecule has 8 aromatic carbocycles. The first-order chi connectivity index (χ1) is 23.1. The van der Waals surface area contributed by atoms with Crippen LogP contribution < -0.4 is 11.1 Å². The fraction of sp³-hybridized carbons (Fsp3) is 0. The molecule has 0 saturated heterocycles. The minimum atomic E-state index is 0.805. The van der Waals surface area contributed by atoms with Crippen molar-refractivity contribution in [1.82, 2.24) is 0 Å². The van der Waals surface area contributed by atoms with E-state index in [4.69, 9.17) is 5.73 Å². The third-order valence-electron chi connectivity index (χ3n) is 7.81. The number of benzene rings is 8. The van der Waals surface area contributed by atoms with Crippen molar-refractivity contribution in [2.45, 2.75) is 0 Å². The molecular formula is C44H35BrN2. The van der Waals surface area contributed by atoms with E-state index in [9.17, 15) is 0 Å². The zero-order chi connectivity index (χ0) is 32.3. The summed E-state index contributed by atoms with van der Waals surface area (Å²) in [5.74, 6) is 0. The summed E-state index contributed by atoms with van der Waals surface area (Å²) in [5, 5.41) is 8.56. The Morgan fingerprint density at radius 1 is 0.362 bits per heavy atom. The number of anilines is 3. The topological polar surface area (TPSA) is 38.0 Å². The highest BCUT2D eigenvalue weighted by atomic mass is 79.9. The fourth-order valence-electron chi connectivity index (χ4n) is 5.36. The van der Waals surface area contributed by atoms with Crippen LogP contribution in [0.25, 0.3) is 43.8 Å². The zero-order valence-electron chi connectivity index (χ0n) is 25.9. The van der Waals surface area contributed by atoms with Crippen LogP contribution >= 0.6 is 15.9 Å². The Kier molecular flexibility index (Phi) is 10.4. The van der Waals surface area contributed by atoms with Crippen molar-refractivity contribution in [1.29, 1.82) is 0 Å². The number of nitrogen functional groups attached to an aromatic ring is 1. The van der Waals surface area contributed by atoms with Gasteiger partial charge in [-0.25, -0.2) is 0 Å². The molecule has 0 spiro atoms. The van der Waals surface area contributed by atoms with Crippen molar-refractivity contribution >= 4 is 54.5 Å². The van der Waals surface area contributed by atoms with E-state index in [1.807, 2.05) is 60.7 Å². The molecule has 2 nitrogen and oxygen atoms in total. The summed E-state index contributed by atoms with van der Waals surface area (Å²) in [6.45, 7) is 0. The number of nitrogens with one attached hydrogen (secondary N) is 1. The van der Waals surface area contributed by atoms with Crippen LogP contribution in [-0.4, -0.2) is 0 Å². The normalized spacial score (nSPS) is 10.3. The maximum atomic E-state index is 5.60. The second kappa shape index (κ2) is 15.6. The average molecular weight is 672 g/mol. The summed E-state index contributed by atoms with van der Waals surface area (Å²) in [4.78, 5) is 0. The van der Waals surface area contributed by atoms with Crippen molar-refractivity contribution in [2.24, 2.45) is 0 Å². The molecular weight excluding hydrogens is 636 g/mol. The van der Waals surface area contributed by atoms with Crippen LogP contribution in [0.3, 0.4) is 0 Å². The summed E-state index contributed by atoms with van der Waals surface area (Å²) in [6, 6.07) is 66.5. The molecule has 8 rings (SSSR count). The van der Waals surface area contributed by atoms with Gasteiger partial charge in [-0.2, -0.15) is 0 Å². The van der Waals surface area contributed by atoms with Crippen LogP contribution in [0.15, 0.2) is 199 Å². The molecule has 0 amide bonds. The molecule has 47 heavy (non-hydrogen) atoms. The highest BCUT2D eigenvalue weighted by Gasteiger charge is 2.02. The summed E-state index contributed by atoms with van der Waals surface area (Å²) in [7, 11) is 0. The van der Waals surface area contributed by atoms with Crippen LogP contribution in [-0.2, 0) is 0 Å². The fourth-order valence-corrected chi connectivity index (χ4v) is 5.87. The first kappa shape index (κ1) is 31.3. The lowest BCUT2D eigenvalue weighted by Crippen LogP contribution is -1.91. The van der Waals surface area contributed by atoms with Gasteiger partial charge in [0.25, 0.3) is 0 Å². The summed E-state index contributed by atoms with van der Waals surface area (Å²) in [5.41, 5.74) is 13.5. The second-order valence-electron chi connectivity index (χ2n) is 11.0. The van der Waals surface area contributed by atoms with Gasteiger partial charge in [-0.15, -0.1) is 0 Å². The van der Waals surface area contributed by atoms with E-state index in [0.29, 0.717) is 0 Å². The Morgan fingerprint density at radius 3 is 1.36 bits per heavy atom. The highest BCUT2D eigenvalue weighted by molar-refractivity contribution is 9.10. The third kappa shape index (κ3) is 8.35. The molecule has 0 aliphatic rings. The second-order valence-corrected chi connectivity index (χ2v) is 11.9. The number of rotatable bonds is 4. The van der Waals surface area contributed by atoms with Crippen molar-refractivity contribution in [3.8, 4) is 22.3 Å². The lowest BCUT2D eigenvalue weighted by atomic mass is 10.1. The number of halogens is 1. The standard InChI is InChI=1S/C22H17N.C12H11N.C10H7Br/c1-2-7-17(8-3-1)18-13-15-20(16-14-18)23-22-12-6-10-19-9-4-5-11-21(19)22;13-12-8-6-11(7-9-12)10-4-2-1-3-5-10;11-10-7-3-5-8-4-1-2-6-9(8)10/h1-16,23H;1-9H,13H2;1-7H. The van der Waals surface area contributed by atoms with Gasteiger partial charge >= 0.3 is 0 Å².